The highest BCUT2D eigenvalue weighted by atomic mass is 16.6. The first-order valence-electron chi connectivity index (χ1n) is 6.93. The van der Waals surface area contributed by atoms with E-state index in [4.69, 9.17) is 4.74 Å². The molecule has 5 heteroatoms. The van der Waals surface area contributed by atoms with Crippen LogP contribution in [-0.2, 0) is 9.53 Å². The molecule has 1 rings (SSSR count). The molecule has 116 valence electrons. The summed E-state index contributed by atoms with van der Waals surface area (Å²) in [6, 6.07) is 9.39. The summed E-state index contributed by atoms with van der Waals surface area (Å²) in [7, 11) is 3.40. The van der Waals surface area contributed by atoms with Crippen molar-refractivity contribution in [3.05, 3.63) is 35.9 Å². The highest BCUT2D eigenvalue weighted by Gasteiger charge is 2.24. The van der Waals surface area contributed by atoms with Crippen molar-refractivity contribution in [3.8, 4) is 0 Å². The Morgan fingerprint density at radius 2 is 1.76 bits per heavy atom. The summed E-state index contributed by atoms with van der Waals surface area (Å²) in [5, 5.41) is 2.66. The van der Waals surface area contributed by atoms with Crippen molar-refractivity contribution in [1.82, 2.24) is 10.2 Å². The Hall–Kier alpha value is -2.04. The molecule has 1 atom stereocenters. The first kappa shape index (κ1) is 17.0. The molecule has 1 aromatic carbocycles. The molecule has 0 heterocycles. The second-order valence-electron chi connectivity index (χ2n) is 6.08. The monoisotopic (exact) mass is 292 g/mol. The van der Waals surface area contributed by atoms with E-state index < -0.39 is 17.6 Å². The van der Waals surface area contributed by atoms with Crippen molar-refractivity contribution in [2.75, 3.05) is 20.6 Å². The predicted octanol–water partition coefficient (Wildman–Crippen LogP) is 2.38. The predicted molar refractivity (Wildman–Crippen MR) is 82.1 cm³/mol. The Balaban J connectivity index is 2.76. The van der Waals surface area contributed by atoms with Gasteiger partial charge in [0.25, 0.3) is 0 Å². The maximum absolute atomic E-state index is 12.3. The van der Waals surface area contributed by atoms with Gasteiger partial charge in [-0.3, -0.25) is 4.79 Å². The van der Waals surface area contributed by atoms with Crippen LogP contribution in [0.5, 0.6) is 0 Å². The number of likely N-dealkylation sites (N-methyl/N-ethyl adjacent to an activating group) is 1. The van der Waals surface area contributed by atoms with Crippen molar-refractivity contribution in [2.24, 2.45) is 0 Å². The Labute approximate surface area is 126 Å². The van der Waals surface area contributed by atoms with Crippen LogP contribution in [0.25, 0.3) is 0 Å². The van der Waals surface area contributed by atoms with Crippen LogP contribution in [0.15, 0.2) is 30.3 Å². The van der Waals surface area contributed by atoms with Crippen molar-refractivity contribution in [1.29, 1.82) is 0 Å². The highest BCUT2D eigenvalue weighted by Crippen LogP contribution is 2.17. The van der Waals surface area contributed by atoms with Gasteiger partial charge in [0, 0.05) is 20.6 Å². The van der Waals surface area contributed by atoms with E-state index in [-0.39, 0.29) is 12.5 Å². The summed E-state index contributed by atoms with van der Waals surface area (Å²) >= 11 is 0. The van der Waals surface area contributed by atoms with E-state index in [9.17, 15) is 9.59 Å². The minimum atomic E-state index is -0.558. The molecule has 0 unspecified atom stereocenters. The summed E-state index contributed by atoms with van der Waals surface area (Å²) in [4.78, 5) is 25.5. The normalized spacial score (nSPS) is 12.4. The average molecular weight is 292 g/mol. The first-order valence-corrected chi connectivity index (χ1v) is 6.93. The molecule has 0 aliphatic rings. The van der Waals surface area contributed by atoms with Crippen LogP contribution in [0.3, 0.4) is 0 Å². The zero-order chi connectivity index (χ0) is 16.0. The fourth-order valence-electron chi connectivity index (χ4n) is 1.84. The molecule has 21 heavy (non-hydrogen) atoms. The number of alkyl carbamates (subject to hydrolysis) is 1. The van der Waals surface area contributed by atoms with E-state index in [0.717, 1.165) is 5.56 Å². The molecule has 5 nitrogen and oxygen atoms in total. The number of nitrogens with zero attached hydrogens (tertiary/aromatic N) is 1. The molecule has 1 N–H and O–H groups in total. The SMILES string of the molecule is CN(C)C(=O)[C@H](CNC(=O)OC(C)(C)C)c1ccccc1. The third-order valence-electron chi connectivity index (χ3n) is 2.79. The number of ether oxygens (including phenoxy) is 1. The van der Waals surface area contributed by atoms with E-state index in [1.54, 1.807) is 34.9 Å². The zero-order valence-electron chi connectivity index (χ0n) is 13.3. The lowest BCUT2D eigenvalue weighted by Gasteiger charge is -2.23. The van der Waals surface area contributed by atoms with Gasteiger partial charge >= 0.3 is 6.09 Å². The van der Waals surface area contributed by atoms with Gasteiger partial charge < -0.3 is 15.0 Å². The molecular formula is C16H24N2O3. The summed E-state index contributed by atoms with van der Waals surface area (Å²) < 4.78 is 5.19. The van der Waals surface area contributed by atoms with Crippen LogP contribution in [0.4, 0.5) is 4.79 Å². The Kier molecular flexibility index (Phi) is 5.76. The lowest BCUT2D eigenvalue weighted by atomic mass is 9.98. The topological polar surface area (TPSA) is 58.6 Å². The number of amides is 2. The third kappa shape index (κ3) is 5.85. The third-order valence-corrected chi connectivity index (χ3v) is 2.79. The Morgan fingerprint density at radius 3 is 2.24 bits per heavy atom. The second kappa shape index (κ2) is 7.11. The molecule has 0 spiro atoms. The summed E-state index contributed by atoms with van der Waals surface area (Å²) in [6.07, 6.45) is -0.519. The van der Waals surface area contributed by atoms with Crippen LogP contribution in [0, 0.1) is 0 Å². The number of benzene rings is 1. The van der Waals surface area contributed by atoms with Gasteiger partial charge in [0.05, 0.1) is 5.92 Å². The fraction of sp³-hybridized carbons (Fsp3) is 0.500. The van der Waals surface area contributed by atoms with Gasteiger partial charge in [0.1, 0.15) is 5.60 Å². The van der Waals surface area contributed by atoms with Crippen molar-refractivity contribution in [3.63, 3.8) is 0 Å². The molecular weight excluding hydrogens is 268 g/mol. The lowest BCUT2D eigenvalue weighted by molar-refractivity contribution is -0.130. The van der Waals surface area contributed by atoms with E-state index in [0.29, 0.717) is 0 Å². The maximum atomic E-state index is 12.3. The van der Waals surface area contributed by atoms with Gasteiger partial charge in [-0.2, -0.15) is 0 Å². The zero-order valence-corrected chi connectivity index (χ0v) is 13.3. The van der Waals surface area contributed by atoms with E-state index in [2.05, 4.69) is 5.32 Å². The Morgan fingerprint density at radius 1 is 1.19 bits per heavy atom. The molecule has 0 saturated carbocycles. The van der Waals surface area contributed by atoms with Crippen molar-refractivity contribution >= 4 is 12.0 Å². The smallest absolute Gasteiger partial charge is 0.407 e. The van der Waals surface area contributed by atoms with Crippen LogP contribution >= 0.6 is 0 Å². The standard InChI is InChI=1S/C16H24N2O3/c1-16(2,3)21-15(20)17-11-13(14(19)18(4)5)12-9-7-6-8-10-12/h6-10,13H,11H2,1-5H3,(H,17,20)/t13-/m1/s1. The van der Waals surface area contributed by atoms with E-state index >= 15 is 0 Å². The summed E-state index contributed by atoms with van der Waals surface area (Å²) in [6.45, 7) is 5.60. The summed E-state index contributed by atoms with van der Waals surface area (Å²) in [5.74, 6) is -0.481. The lowest BCUT2D eigenvalue weighted by Crippen LogP contribution is -2.39. The molecule has 1 aromatic rings. The van der Waals surface area contributed by atoms with Crippen LogP contribution < -0.4 is 5.32 Å². The highest BCUT2D eigenvalue weighted by molar-refractivity contribution is 5.84. The minimum Gasteiger partial charge on any atom is -0.444 e. The Bertz CT molecular complexity index is 478. The number of hydrogen-bond donors (Lipinski definition) is 1. The van der Waals surface area contributed by atoms with Crippen molar-refractivity contribution in [2.45, 2.75) is 32.3 Å². The van der Waals surface area contributed by atoms with E-state index in [1.165, 1.54) is 4.90 Å². The molecule has 0 aliphatic carbocycles. The first-order chi connectivity index (χ1) is 9.70. The number of hydrogen-bond acceptors (Lipinski definition) is 3. The van der Waals surface area contributed by atoms with Gasteiger partial charge in [-0.1, -0.05) is 30.3 Å². The van der Waals surface area contributed by atoms with Crippen molar-refractivity contribution < 1.29 is 14.3 Å². The van der Waals surface area contributed by atoms with Crippen LogP contribution in [0.1, 0.15) is 32.3 Å². The minimum absolute atomic E-state index is 0.0581. The molecule has 0 aliphatic heterocycles. The average Bonchev–Trinajstić information content (AvgIpc) is 2.37. The van der Waals surface area contributed by atoms with Gasteiger partial charge in [-0.15, -0.1) is 0 Å². The number of nitrogens with one attached hydrogen (secondary N) is 1. The molecule has 0 aromatic heterocycles. The van der Waals surface area contributed by atoms with E-state index in [1.807, 2.05) is 30.3 Å². The molecule has 0 saturated heterocycles. The van der Waals surface area contributed by atoms with Gasteiger partial charge in [0.2, 0.25) is 5.91 Å². The number of rotatable bonds is 4. The number of carbonyl (C=O) groups is 2. The molecule has 0 radical (unpaired) electrons. The maximum Gasteiger partial charge on any atom is 0.407 e. The quantitative estimate of drug-likeness (QED) is 0.927. The molecule has 0 bridgehead atoms. The van der Waals surface area contributed by atoms with Gasteiger partial charge in [-0.05, 0) is 26.3 Å². The second-order valence-corrected chi connectivity index (χ2v) is 6.08. The number of carbonyl (C=O) groups excluding carboxylic acids is 2. The molecule has 2 amide bonds. The van der Waals surface area contributed by atoms with Crippen LogP contribution in [0.2, 0.25) is 0 Å². The van der Waals surface area contributed by atoms with Crippen LogP contribution in [-0.4, -0.2) is 43.1 Å². The largest absolute Gasteiger partial charge is 0.444 e. The fourth-order valence-corrected chi connectivity index (χ4v) is 1.84. The van der Waals surface area contributed by atoms with Gasteiger partial charge in [-0.25, -0.2) is 4.79 Å². The molecule has 0 fully saturated rings. The van der Waals surface area contributed by atoms with Gasteiger partial charge in [0.15, 0.2) is 0 Å². The summed E-state index contributed by atoms with van der Waals surface area (Å²) in [5.41, 5.74) is 0.310.